The summed E-state index contributed by atoms with van der Waals surface area (Å²) >= 11 is 0. The smallest absolute Gasteiger partial charge is 0.181 e. The van der Waals surface area contributed by atoms with E-state index < -0.39 is 0 Å². The minimum atomic E-state index is 0.845. The second-order valence-electron chi connectivity index (χ2n) is 2.97. The first-order chi connectivity index (χ1) is 7.97. The lowest BCUT2D eigenvalue weighted by molar-refractivity contribution is 0.602. The van der Waals surface area contributed by atoms with Gasteiger partial charge in [-0.25, -0.2) is 4.98 Å². The third-order valence-electron chi connectivity index (χ3n) is 1.86. The molecule has 1 aromatic heterocycles. The van der Waals surface area contributed by atoms with Gasteiger partial charge in [-0.2, -0.15) is 5.10 Å². The number of hydrazone groups is 1. The summed E-state index contributed by atoms with van der Waals surface area (Å²) in [6.45, 7) is 0. The molecule has 0 bridgehead atoms. The van der Waals surface area contributed by atoms with Crippen LogP contribution in [0.3, 0.4) is 0 Å². The van der Waals surface area contributed by atoms with Crippen LogP contribution in [0.25, 0.3) is 11.1 Å². The average molecular weight is 213 g/mol. The number of oxazole rings is 1. The molecule has 0 saturated heterocycles. The molecule has 1 aromatic carbocycles. The van der Waals surface area contributed by atoms with Crippen LogP contribution in [0.15, 0.2) is 64.6 Å². The lowest BCUT2D eigenvalue weighted by Crippen LogP contribution is -1.89. The second-order valence-corrected chi connectivity index (χ2v) is 2.97. The van der Waals surface area contributed by atoms with Crippen molar-refractivity contribution < 1.29 is 4.42 Å². The Morgan fingerprint density at radius 1 is 1.06 bits per heavy atom. The van der Waals surface area contributed by atoms with E-state index in [1.165, 1.54) is 6.39 Å². The number of fused-ring (bicyclic) bond motifs is 1. The Morgan fingerprint density at radius 2 is 2.00 bits per heavy atom. The highest BCUT2D eigenvalue weighted by Gasteiger charge is 1.91. The molecule has 0 aliphatic carbocycles. The van der Waals surface area contributed by atoms with E-state index >= 15 is 0 Å². The van der Waals surface area contributed by atoms with Gasteiger partial charge in [-0.05, 0) is 24.3 Å². The monoisotopic (exact) mass is 213 g/mol. The minimum absolute atomic E-state index is 0.845. The first kappa shape index (κ1) is 10.2. The molecule has 80 valence electrons. The van der Waals surface area contributed by atoms with Crippen LogP contribution >= 0.6 is 0 Å². The van der Waals surface area contributed by atoms with Gasteiger partial charge in [-0.15, -0.1) is 0 Å². The first-order valence-electron chi connectivity index (χ1n) is 4.85. The van der Waals surface area contributed by atoms with E-state index in [0.29, 0.717) is 0 Å². The van der Waals surface area contributed by atoms with Gasteiger partial charge in [-0.3, -0.25) is 5.43 Å². The molecule has 0 spiro atoms. The van der Waals surface area contributed by atoms with Gasteiger partial charge in [0.15, 0.2) is 12.0 Å². The number of benzene rings is 1. The molecular formula is C12H11N3O. The average Bonchev–Trinajstić information content (AvgIpc) is 2.61. The van der Waals surface area contributed by atoms with Crippen LogP contribution in [0.5, 0.6) is 0 Å². The van der Waals surface area contributed by atoms with E-state index in [-0.39, 0.29) is 0 Å². The molecule has 1 aliphatic heterocycles. The summed E-state index contributed by atoms with van der Waals surface area (Å²) in [5.41, 5.74) is 4.43. The molecule has 3 rings (SSSR count). The predicted molar refractivity (Wildman–Crippen MR) is 63.9 cm³/mol. The fourth-order valence-electron chi connectivity index (χ4n) is 1.14. The van der Waals surface area contributed by atoms with Crippen molar-refractivity contribution in [2.75, 3.05) is 0 Å². The highest BCUT2D eigenvalue weighted by molar-refractivity contribution is 5.71. The number of allylic oxidation sites excluding steroid dienone is 3. The number of nitrogens with one attached hydrogen (secondary N) is 1. The van der Waals surface area contributed by atoms with Gasteiger partial charge < -0.3 is 4.42 Å². The van der Waals surface area contributed by atoms with Crippen LogP contribution in [0.2, 0.25) is 0 Å². The Bertz CT molecular complexity index is 482. The van der Waals surface area contributed by atoms with Crippen molar-refractivity contribution in [3.05, 3.63) is 55.1 Å². The van der Waals surface area contributed by atoms with Crippen molar-refractivity contribution >= 4 is 17.3 Å². The molecular weight excluding hydrogens is 202 g/mol. The number of aromatic nitrogens is 1. The van der Waals surface area contributed by atoms with Crippen molar-refractivity contribution in [3.8, 4) is 0 Å². The van der Waals surface area contributed by atoms with Gasteiger partial charge in [0.25, 0.3) is 0 Å². The van der Waals surface area contributed by atoms with Crippen LogP contribution in [0, 0.1) is 0 Å². The zero-order valence-electron chi connectivity index (χ0n) is 8.58. The van der Waals surface area contributed by atoms with Crippen molar-refractivity contribution in [2.24, 2.45) is 5.10 Å². The molecule has 0 amide bonds. The summed E-state index contributed by atoms with van der Waals surface area (Å²) in [6.07, 6.45) is 10.6. The van der Waals surface area contributed by atoms with Gasteiger partial charge in [0.2, 0.25) is 0 Å². The van der Waals surface area contributed by atoms with Crippen molar-refractivity contribution in [1.29, 1.82) is 0 Å². The lowest BCUT2D eigenvalue weighted by Gasteiger charge is -1.79. The standard InChI is InChI=1S/C7H5NO.C5H6N2/c1-2-4-7-6(3-1)8-5-9-7;1-2-4-6-7-5-3-1/h1-5H;1-6H. The second kappa shape index (κ2) is 5.50. The summed E-state index contributed by atoms with van der Waals surface area (Å²) in [4.78, 5) is 3.95. The minimum Gasteiger partial charge on any atom is -0.443 e. The molecule has 16 heavy (non-hydrogen) atoms. The van der Waals surface area contributed by atoms with E-state index in [1.54, 1.807) is 12.4 Å². The topological polar surface area (TPSA) is 50.4 Å². The summed E-state index contributed by atoms with van der Waals surface area (Å²) in [7, 11) is 0. The maximum atomic E-state index is 5.01. The van der Waals surface area contributed by atoms with Crippen LogP contribution < -0.4 is 5.43 Å². The number of hydrogen-bond donors (Lipinski definition) is 1. The quantitative estimate of drug-likeness (QED) is 0.731. The highest BCUT2D eigenvalue weighted by atomic mass is 16.3. The Labute approximate surface area is 93.0 Å². The Morgan fingerprint density at radius 3 is 2.94 bits per heavy atom. The molecule has 0 atom stereocenters. The molecule has 4 heteroatoms. The predicted octanol–water partition coefficient (Wildman–Crippen LogP) is 2.47. The Balaban J connectivity index is 0.000000125. The molecule has 1 N–H and O–H groups in total. The van der Waals surface area contributed by atoms with E-state index in [2.05, 4.69) is 15.5 Å². The number of hydrogen-bond acceptors (Lipinski definition) is 4. The van der Waals surface area contributed by atoms with Crippen molar-refractivity contribution in [1.82, 2.24) is 10.4 Å². The molecule has 4 nitrogen and oxygen atoms in total. The molecule has 0 saturated carbocycles. The SMILES string of the molecule is C1=CC=NNC=C1.c1ccc2ocnc2c1. The molecule has 2 aromatic rings. The van der Waals surface area contributed by atoms with Gasteiger partial charge in [0, 0.05) is 12.4 Å². The molecule has 2 heterocycles. The lowest BCUT2D eigenvalue weighted by atomic mass is 10.3. The highest BCUT2D eigenvalue weighted by Crippen LogP contribution is 2.09. The number of para-hydroxylation sites is 2. The zero-order valence-corrected chi connectivity index (χ0v) is 8.58. The molecule has 0 unspecified atom stereocenters. The normalized spacial score (nSPS) is 12.8. The molecule has 0 radical (unpaired) electrons. The third-order valence-corrected chi connectivity index (χ3v) is 1.86. The van der Waals surface area contributed by atoms with Crippen LogP contribution in [0.1, 0.15) is 0 Å². The summed E-state index contributed by atoms with van der Waals surface area (Å²) in [6, 6.07) is 7.67. The van der Waals surface area contributed by atoms with Crippen molar-refractivity contribution in [3.63, 3.8) is 0 Å². The van der Waals surface area contributed by atoms with Crippen molar-refractivity contribution in [2.45, 2.75) is 0 Å². The maximum Gasteiger partial charge on any atom is 0.181 e. The van der Waals surface area contributed by atoms with Crippen LogP contribution in [0.4, 0.5) is 0 Å². The van der Waals surface area contributed by atoms with E-state index in [4.69, 9.17) is 4.42 Å². The summed E-state index contributed by atoms with van der Waals surface area (Å²) in [5.74, 6) is 0. The number of nitrogens with zero attached hydrogens (tertiary/aromatic N) is 2. The van der Waals surface area contributed by atoms with Gasteiger partial charge in [-0.1, -0.05) is 18.2 Å². The van der Waals surface area contributed by atoms with Crippen LogP contribution in [-0.4, -0.2) is 11.2 Å². The largest absolute Gasteiger partial charge is 0.443 e. The fraction of sp³-hybridized carbons (Fsp3) is 0. The first-order valence-corrected chi connectivity index (χ1v) is 4.85. The maximum absolute atomic E-state index is 5.01. The summed E-state index contributed by atoms with van der Waals surface area (Å²) < 4.78 is 5.01. The third kappa shape index (κ3) is 2.81. The summed E-state index contributed by atoms with van der Waals surface area (Å²) in [5, 5.41) is 3.72. The molecule has 0 fully saturated rings. The molecule has 1 aliphatic rings. The van der Waals surface area contributed by atoms with E-state index in [1.807, 2.05) is 42.5 Å². The van der Waals surface area contributed by atoms with Gasteiger partial charge in [0.1, 0.15) is 5.52 Å². The van der Waals surface area contributed by atoms with Crippen LogP contribution in [-0.2, 0) is 0 Å². The van der Waals surface area contributed by atoms with E-state index in [9.17, 15) is 0 Å². The Kier molecular flexibility index (Phi) is 3.50. The van der Waals surface area contributed by atoms with Gasteiger partial charge >= 0.3 is 0 Å². The van der Waals surface area contributed by atoms with Gasteiger partial charge in [0.05, 0.1) is 0 Å². The zero-order chi connectivity index (χ0) is 11.1. The number of rotatable bonds is 0. The fourth-order valence-corrected chi connectivity index (χ4v) is 1.14. The van der Waals surface area contributed by atoms with E-state index in [0.717, 1.165) is 11.1 Å². The Hall–Kier alpha value is -2.36.